The fraction of sp³-hybridized carbons (Fsp3) is 0.414. The summed E-state index contributed by atoms with van der Waals surface area (Å²) in [7, 11) is 1.75. The second kappa shape index (κ2) is 11.3. The highest BCUT2D eigenvalue weighted by Gasteiger charge is 2.21. The van der Waals surface area contributed by atoms with Crippen LogP contribution in [0.15, 0.2) is 36.4 Å². The Morgan fingerprint density at radius 1 is 1.06 bits per heavy atom. The minimum atomic E-state index is -0.916. The average Bonchev–Trinajstić information content (AvgIpc) is 2.82. The van der Waals surface area contributed by atoms with Crippen molar-refractivity contribution in [3.05, 3.63) is 69.9 Å². The van der Waals surface area contributed by atoms with Crippen molar-refractivity contribution < 1.29 is 14.6 Å². The third-order valence-electron chi connectivity index (χ3n) is 6.40. The van der Waals surface area contributed by atoms with Crippen molar-refractivity contribution >= 4 is 11.8 Å². The lowest BCUT2D eigenvalue weighted by Crippen LogP contribution is -2.28. The summed E-state index contributed by atoms with van der Waals surface area (Å²) in [6.07, 6.45) is 1.73. The first-order chi connectivity index (χ1) is 16.7. The molecule has 1 N–H and O–H groups in total. The third-order valence-corrected chi connectivity index (χ3v) is 6.40. The van der Waals surface area contributed by atoms with E-state index in [1.807, 2.05) is 13.8 Å². The Bertz CT molecular complexity index is 1180. The van der Waals surface area contributed by atoms with Crippen LogP contribution >= 0.6 is 0 Å². The molecule has 0 saturated heterocycles. The molecule has 6 heteroatoms. The van der Waals surface area contributed by atoms with E-state index in [-0.39, 0.29) is 13.2 Å². The van der Waals surface area contributed by atoms with Crippen molar-refractivity contribution in [2.45, 2.75) is 66.9 Å². The summed E-state index contributed by atoms with van der Waals surface area (Å²) in [6.45, 7) is 12.6. The van der Waals surface area contributed by atoms with E-state index in [1.54, 1.807) is 11.9 Å². The standard InChI is InChI=1S/C29H37N3O3/c1-8-21-11-10-12-22(9-2)27(21)28-30-20(6)24(29(31-28)32(7)16-26(33)34)17-35-25-15-23(18(3)4)14-13-19(25)5/h10-15,18H,8-9,16-17H2,1-7H3,(H,33,34). The van der Waals surface area contributed by atoms with Gasteiger partial charge in [-0.15, -0.1) is 0 Å². The fourth-order valence-electron chi connectivity index (χ4n) is 4.27. The summed E-state index contributed by atoms with van der Waals surface area (Å²) in [5, 5.41) is 9.47. The Labute approximate surface area is 209 Å². The molecule has 186 valence electrons. The van der Waals surface area contributed by atoms with E-state index in [4.69, 9.17) is 14.7 Å². The topological polar surface area (TPSA) is 75.5 Å². The normalized spacial score (nSPS) is 11.1. The van der Waals surface area contributed by atoms with Crippen molar-refractivity contribution in [1.29, 1.82) is 0 Å². The number of rotatable bonds is 10. The minimum Gasteiger partial charge on any atom is -0.488 e. The maximum atomic E-state index is 11.5. The number of hydrogen-bond donors (Lipinski definition) is 1. The predicted molar refractivity (Wildman–Crippen MR) is 141 cm³/mol. The maximum Gasteiger partial charge on any atom is 0.323 e. The second-order valence-electron chi connectivity index (χ2n) is 9.31. The van der Waals surface area contributed by atoms with Gasteiger partial charge < -0.3 is 14.7 Å². The molecule has 2 aromatic carbocycles. The fourth-order valence-corrected chi connectivity index (χ4v) is 4.27. The van der Waals surface area contributed by atoms with Gasteiger partial charge in [-0.2, -0.15) is 0 Å². The van der Waals surface area contributed by atoms with Crippen molar-refractivity contribution in [3.63, 3.8) is 0 Å². The van der Waals surface area contributed by atoms with E-state index < -0.39 is 5.97 Å². The van der Waals surface area contributed by atoms with Crippen LogP contribution in [0.4, 0.5) is 5.82 Å². The van der Waals surface area contributed by atoms with Gasteiger partial charge in [0.05, 0.1) is 11.3 Å². The molecule has 1 aromatic heterocycles. The van der Waals surface area contributed by atoms with Gasteiger partial charge >= 0.3 is 5.97 Å². The van der Waals surface area contributed by atoms with Crippen molar-refractivity contribution in [1.82, 2.24) is 9.97 Å². The molecule has 0 saturated carbocycles. The number of carboxylic acid groups (broad SMARTS) is 1. The first kappa shape index (κ1) is 26.2. The van der Waals surface area contributed by atoms with Gasteiger partial charge in [0.15, 0.2) is 5.82 Å². The summed E-state index contributed by atoms with van der Waals surface area (Å²) < 4.78 is 6.27. The molecule has 3 aromatic rings. The van der Waals surface area contributed by atoms with E-state index in [1.165, 1.54) is 16.7 Å². The number of aliphatic carboxylic acids is 1. The van der Waals surface area contributed by atoms with Gasteiger partial charge in [0.1, 0.15) is 24.7 Å². The zero-order valence-corrected chi connectivity index (χ0v) is 22.0. The van der Waals surface area contributed by atoms with Gasteiger partial charge in [-0.3, -0.25) is 4.79 Å². The molecule has 0 radical (unpaired) electrons. The molecule has 0 fully saturated rings. The van der Waals surface area contributed by atoms with Gasteiger partial charge in [0.2, 0.25) is 0 Å². The Hall–Kier alpha value is -3.41. The number of carbonyl (C=O) groups is 1. The minimum absolute atomic E-state index is 0.166. The molecule has 1 heterocycles. The summed E-state index contributed by atoms with van der Waals surface area (Å²) in [6, 6.07) is 12.6. The van der Waals surface area contributed by atoms with E-state index in [0.717, 1.165) is 41.0 Å². The number of nitrogens with zero attached hydrogens (tertiary/aromatic N) is 3. The highest BCUT2D eigenvalue weighted by molar-refractivity contribution is 5.74. The van der Waals surface area contributed by atoms with E-state index in [0.29, 0.717) is 17.6 Å². The number of ether oxygens (including phenoxy) is 1. The van der Waals surface area contributed by atoms with Crippen LogP contribution in [-0.4, -0.2) is 34.6 Å². The van der Waals surface area contributed by atoms with E-state index in [9.17, 15) is 9.90 Å². The van der Waals surface area contributed by atoms with Crippen LogP contribution in [0, 0.1) is 13.8 Å². The summed E-state index contributed by atoms with van der Waals surface area (Å²) in [4.78, 5) is 23.0. The average molecular weight is 476 g/mol. The van der Waals surface area contributed by atoms with E-state index in [2.05, 4.69) is 64.1 Å². The molecule has 0 bridgehead atoms. The van der Waals surface area contributed by atoms with Crippen molar-refractivity contribution in [3.8, 4) is 17.1 Å². The van der Waals surface area contributed by atoms with Crippen LogP contribution in [-0.2, 0) is 24.2 Å². The molecular weight excluding hydrogens is 438 g/mol. The molecule has 3 rings (SSSR count). The smallest absolute Gasteiger partial charge is 0.323 e. The molecule has 0 aliphatic heterocycles. The maximum absolute atomic E-state index is 11.5. The largest absolute Gasteiger partial charge is 0.488 e. The number of carboxylic acids is 1. The lowest BCUT2D eigenvalue weighted by Gasteiger charge is -2.23. The number of aromatic nitrogens is 2. The molecule has 6 nitrogen and oxygen atoms in total. The number of aryl methyl sites for hydroxylation is 4. The van der Waals surface area contributed by atoms with E-state index >= 15 is 0 Å². The first-order valence-corrected chi connectivity index (χ1v) is 12.3. The lowest BCUT2D eigenvalue weighted by molar-refractivity contribution is -0.135. The second-order valence-corrected chi connectivity index (χ2v) is 9.31. The first-order valence-electron chi connectivity index (χ1n) is 12.3. The van der Waals surface area contributed by atoms with Crippen molar-refractivity contribution in [2.24, 2.45) is 0 Å². The van der Waals surface area contributed by atoms with Crippen LogP contribution in [0.5, 0.6) is 5.75 Å². The molecule has 0 unspecified atom stereocenters. The highest BCUT2D eigenvalue weighted by Crippen LogP contribution is 2.32. The Morgan fingerprint density at radius 2 is 1.71 bits per heavy atom. The molecule has 0 aliphatic rings. The summed E-state index contributed by atoms with van der Waals surface area (Å²) in [5.41, 5.74) is 7.24. The Morgan fingerprint density at radius 3 is 2.29 bits per heavy atom. The predicted octanol–water partition coefficient (Wildman–Crippen LogP) is 6.11. The molecule has 0 atom stereocenters. The van der Waals surface area contributed by atoms with Gasteiger partial charge in [-0.1, -0.05) is 58.0 Å². The third kappa shape index (κ3) is 5.99. The SMILES string of the molecule is CCc1cccc(CC)c1-c1nc(C)c(COc2cc(C(C)C)ccc2C)c(N(C)CC(=O)O)n1. The lowest BCUT2D eigenvalue weighted by atomic mass is 9.96. The van der Waals surface area contributed by atoms with Gasteiger partial charge in [-0.25, -0.2) is 9.97 Å². The number of anilines is 1. The molecule has 0 aliphatic carbocycles. The highest BCUT2D eigenvalue weighted by atomic mass is 16.5. The van der Waals surface area contributed by atoms with Gasteiger partial charge in [0, 0.05) is 12.6 Å². The zero-order valence-electron chi connectivity index (χ0n) is 22.0. The molecule has 0 spiro atoms. The molecule has 35 heavy (non-hydrogen) atoms. The number of likely N-dealkylation sites (N-methyl/N-ethyl adjacent to an activating group) is 1. The van der Waals surface area contributed by atoms with Crippen LogP contribution in [0.1, 0.15) is 67.1 Å². The Kier molecular flexibility index (Phi) is 8.49. The monoisotopic (exact) mass is 475 g/mol. The van der Waals surface area contributed by atoms with Crippen LogP contribution in [0.2, 0.25) is 0 Å². The summed E-state index contributed by atoms with van der Waals surface area (Å²) in [5.74, 6) is 1.51. The zero-order chi connectivity index (χ0) is 25.7. The molecular formula is C29H37N3O3. The number of hydrogen-bond acceptors (Lipinski definition) is 5. The quantitative estimate of drug-likeness (QED) is 0.381. The van der Waals surface area contributed by atoms with Gasteiger partial charge in [0.25, 0.3) is 0 Å². The Balaban J connectivity index is 2.09. The van der Waals surface area contributed by atoms with Crippen LogP contribution in [0.25, 0.3) is 11.4 Å². The van der Waals surface area contributed by atoms with Crippen molar-refractivity contribution in [2.75, 3.05) is 18.5 Å². The van der Waals surface area contributed by atoms with Crippen LogP contribution in [0.3, 0.4) is 0 Å². The molecule has 0 amide bonds. The number of benzene rings is 2. The van der Waals surface area contributed by atoms with Gasteiger partial charge in [-0.05, 0) is 60.9 Å². The summed E-state index contributed by atoms with van der Waals surface area (Å²) >= 11 is 0. The van der Waals surface area contributed by atoms with Crippen LogP contribution < -0.4 is 9.64 Å².